The minimum absolute atomic E-state index is 0.113. The highest BCUT2D eigenvalue weighted by atomic mass is 32.1. The maximum absolute atomic E-state index is 5.30. The van der Waals surface area contributed by atoms with Gasteiger partial charge < -0.3 is 15.1 Å². The van der Waals surface area contributed by atoms with E-state index in [0.717, 1.165) is 41.9 Å². The average molecular weight is 334 g/mol. The number of hydrogen-bond acceptors (Lipinski definition) is 4. The first-order valence-electron chi connectivity index (χ1n) is 7.98. The molecule has 0 radical (unpaired) electrons. The van der Waals surface area contributed by atoms with Crippen LogP contribution in [0.3, 0.4) is 0 Å². The third kappa shape index (κ3) is 5.71. The molecule has 0 amide bonds. The first-order chi connectivity index (χ1) is 11.0. The molecule has 0 saturated carbocycles. The van der Waals surface area contributed by atoms with Crippen LogP contribution in [0, 0.1) is 0 Å². The van der Waals surface area contributed by atoms with Crippen LogP contribution >= 0.6 is 11.3 Å². The molecule has 23 heavy (non-hydrogen) atoms. The van der Waals surface area contributed by atoms with E-state index in [1.807, 2.05) is 12.1 Å². The Bertz CT molecular complexity index is 611. The summed E-state index contributed by atoms with van der Waals surface area (Å²) in [6.07, 6.45) is 2.56. The SMILES string of the molecule is CCNC(=NCc1ccco1)NCCc1nc(C(C)(C)C)cs1. The van der Waals surface area contributed by atoms with Crippen molar-refractivity contribution in [2.45, 2.75) is 46.1 Å². The summed E-state index contributed by atoms with van der Waals surface area (Å²) in [6.45, 7) is 10.8. The van der Waals surface area contributed by atoms with Gasteiger partial charge in [0.25, 0.3) is 0 Å². The van der Waals surface area contributed by atoms with E-state index in [9.17, 15) is 0 Å². The van der Waals surface area contributed by atoms with Crippen LogP contribution in [-0.2, 0) is 18.4 Å². The van der Waals surface area contributed by atoms with Gasteiger partial charge in [0.1, 0.15) is 12.3 Å². The van der Waals surface area contributed by atoms with Crippen molar-refractivity contribution in [2.24, 2.45) is 4.99 Å². The van der Waals surface area contributed by atoms with Crippen LogP contribution in [0.25, 0.3) is 0 Å². The molecule has 0 aliphatic carbocycles. The van der Waals surface area contributed by atoms with Gasteiger partial charge in [0.15, 0.2) is 5.96 Å². The highest BCUT2D eigenvalue weighted by Crippen LogP contribution is 2.23. The molecule has 0 atom stereocenters. The van der Waals surface area contributed by atoms with Crippen LogP contribution in [0.15, 0.2) is 33.2 Å². The first-order valence-corrected chi connectivity index (χ1v) is 8.86. The van der Waals surface area contributed by atoms with Crippen molar-refractivity contribution in [1.82, 2.24) is 15.6 Å². The number of rotatable bonds is 6. The molecule has 0 unspecified atom stereocenters. The van der Waals surface area contributed by atoms with Crippen LogP contribution in [0.1, 0.15) is 44.2 Å². The van der Waals surface area contributed by atoms with Crippen LogP contribution < -0.4 is 10.6 Å². The molecule has 2 N–H and O–H groups in total. The fraction of sp³-hybridized carbons (Fsp3) is 0.529. The minimum Gasteiger partial charge on any atom is -0.467 e. The van der Waals surface area contributed by atoms with Gasteiger partial charge in [-0.3, -0.25) is 0 Å². The van der Waals surface area contributed by atoms with E-state index in [4.69, 9.17) is 9.40 Å². The lowest BCUT2D eigenvalue weighted by Crippen LogP contribution is -2.38. The van der Waals surface area contributed by atoms with E-state index in [1.54, 1.807) is 17.6 Å². The maximum Gasteiger partial charge on any atom is 0.191 e. The molecule has 5 nitrogen and oxygen atoms in total. The van der Waals surface area contributed by atoms with Crippen LogP contribution in [0.5, 0.6) is 0 Å². The Kier molecular flexibility index (Phi) is 6.21. The number of thiazole rings is 1. The van der Waals surface area contributed by atoms with E-state index in [0.29, 0.717) is 6.54 Å². The van der Waals surface area contributed by atoms with Crippen molar-refractivity contribution >= 4 is 17.3 Å². The summed E-state index contributed by atoms with van der Waals surface area (Å²) in [5.41, 5.74) is 1.28. The summed E-state index contributed by atoms with van der Waals surface area (Å²) in [4.78, 5) is 9.23. The van der Waals surface area contributed by atoms with Crippen LogP contribution in [0.4, 0.5) is 0 Å². The summed E-state index contributed by atoms with van der Waals surface area (Å²) in [5.74, 6) is 1.66. The third-order valence-corrected chi connectivity index (χ3v) is 4.18. The fourth-order valence-electron chi connectivity index (χ4n) is 1.96. The van der Waals surface area contributed by atoms with Crippen molar-refractivity contribution in [3.05, 3.63) is 40.2 Å². The lowest BCUT2D eigenvalue weighted by molar-refractivity contribution is 0.512. The molecule has 2 rings (SSSR count). The molecule has 126 valence electrons. The lowest BCUT2D eigenvalue weighted by atomic mass is 9.93. The van der Waals surface area contributed by atoms with E-state index in [1.165, 1.54) is 0 Å². The monoisotopic (exact) mass is 334 g/mol. The Hall–Kier alpha value is -1.82. The number of furan rings is 1. The van der Waals surface area contributed by atoms with Crippen molar-refractivity contribution in [3.8, 4) is 0 Å². The Morgan fingerprint density at radius 3 is 2.78 bits per heavy atom. The number of nitrogens with zero attached hydrogens (tertiary/aromatic N) is 2. The van der Waals surface area contributed by atoms with Gasteiger partial charge in [0.2, 0.25) is 0 Å². The van der Waals surface area contributed by atoms with Gasteiger partial charge in [-0.15, -0.1) is 11.3 Å². The second kappa shape index (κ2) is 8.15. The quantitative estimate of drug-likeness (QED) is 0.628. The molecule has 0 spiro atoms. The molecule has 0 fully saturated rings. The molecule has 0 aliphatic heterocycles. The van der Waals surface area contributed by atoms with Gasteiger partial charge in [0, 0.05) is 30.3 Å². The average Bonchev–Trinajstić information content (AvgIpc) is 3.15. The lowest BCUT2D eigenvalue weighted by Gasteiger charge is -2.14. The molecule has 0 saturated heterocycles. The van der Waals surface area contributed by atoms with E-state index in [-0.39, 0.29) is 5.41 Å². The van der Waals surface area contributed by atoms with Crippen LogP contribution in [-0.4, -0.2) is 24.0 Å². The molecule has 0 aliphatic rings. The summed E-state index contributed by atoms with van der Waals surface area (Å²) in [7, 11) is 0. The number of hydrogen-bond donors (Lipinski definition) is 2. The Labute approximate surface area is 142 Å². The number of aliphatic imine (C=N–C) groups is 1. The van der Waals surface area contributed by atoms with Crippen molar-refractivity contribution in [2.75, 3.05) is 13.1 Å². The molecule has 6 heteroatoms. The second-order valence-corrected chi connectivity index (χ2v) is 7.27. The molecule has 2 aromatic rings. The van der Waals surface area contributed by atoms with Gasteiger partial charge in [-0.05, 0) is 19.1 Å². The standard InChI is InChI=1S/C17H26N4OS/c1-5-18-16(20-11-13-7-6-10-22-13)19-9-8-15-21-14(12-23-15)17(2,3)4/h6-7,10,12H,5,8-9,11H2,1-4H3,(H2,18,19,20). The Balaban J connectivity index is 1.84. The predicted molar refractivity (Wildman–Crippen MR) is 96.0 cm³/mol. The largest absolute Gasteiger partial charge is 0.467 e. The Morgan fingerprint density at radius 2 is 2.17 bits per heavy atom. The zero-order valence-corrected chi connectivity index (χ0v) is 15.2. The summed E-state index contributed by atoms with van der Waals surface area (Å²) in [6, 6.07) is 3.80. The first kappa shape index (κ1) is 17.5. The summed E-state index contributed by atoms with van der Waals surface area (Å²) in [5, 5.41) is 9.90. The fourth-order valence-corrected chi connectivity index (χ4v) is 2.98. The van der Waals surface area contributed by atoms with Crippen molar-refractivity contribution < 1.29 is 4.42 Å². The number of aromatic nitrogens is 1. The van der Waals surface area contributed by atoms with Crippen molar-refractivity contribution in [3.63, 3.8) is 0 Å². The zero-order valence-electron chi connectivity index (χ0n) is 14.3. The van der Waals surface area contributed by atoms with Gasteiger partial charge in [-0.2, -0.15) is 0 Å². The van der Waals surface area contributed by atoms with Gasteiger partial charge in [0.05, 0.1) is 17.0 Å². The zero-order chi connectivity index (χ0) is 16.7. The summed E-state index contributed by atoms with van der Waals surface area (Å²) < 4.78 is 5.30. The predicted octanol–water partition coefficient (Wildman–Crippen LogP) is 3.33. The molecule has 0 bridgehead atoms. The van der Waals surface area contributed by atoms with Gasteiger partial charge in [-0.1, -0.05) is 20.8 Å². The summed E-state index contributed by atoms with van der Waals surface area (Å²) >= 11 is 1.73. The van der Waals surface area contributed by atoms with Gasteiger partial charge >= 0.3 is 0 Å². The molecular weight excluding hydrogens is 308 g/mol. The maximum atomic E-state index is 5.30. The van der Waals surface area contributed by atoms with Crippen LogP contribution in [0.2, 0.25) is 0 Å². The van der Waals surface area contributed by atoms with E-state index >= 15 is 0 Å². The van der Waals surface area contributed by atoms with Crippen molar-refractivity contribution in [1.29, 1.82) is 0 Å². The minimum atomic E-state index is 0.113. The molecule has 2 heterocycles. The molecule has 0 aromatic carbocycles. The van der Waals surface area contributed by atoms with E-state index < -0.39 is 0 Å². The highest BCUT2D eigenvalue weighted by molar-refractivity contribution is 7.09. The Morgan fingerprint density at radius 1 is 1.35 bits per heavy atom. The van der Waals surface area contributed by atoms with Gasteiger partial charge in [-0.25, -0.2) is 9.98 Å². The van der Waals surface area contributed by atoms with E-state index in [2.05, 4.69) is 48.7 Å². The second-order valence-electron chi connectivity index (χ2n) is 6.33. The number of guanidine groups is 1. The number of nitrogens with one attached hydrogen (secondary N) is 2. The normalized spacial score (nSPS) is 12.4. The molecular formula is C17H26N4OS. The smallest absolute Gasteiger partial charge is 0.191 e. The highest BCUT2D eigenvalue weighted by Gasteiger charge is 2.17. The topological polar surface area (TPSA) is 62.5 Å². The molecule has 2 aromatic heterocycles. The third-order valence-electron chi connectivity index (χ3n) is 3.27.